The third-order valence-corrected chi connectivity index (χ3v) is 10.5. The van der Waals surface area contributed by atoms with Crippen molar-refractivity contribution in [1.82, 2.24) is 28.6 Å². The van der Waals surface area contributed by atoms with Crippen molar-refractivity contribution in [2.24, 2.45) is 7.05 Å². The average molecular weight is 623 g/mol. The van der Waals surface area contributed by atoms with Crippen LogP contribution in [0, 0.1) is 0 Å². The summed E-state index contributed by atoms with van der Waals surface area (Å²) in [7, 11) is 1.77. The molecule has 1 amide bonds. The summed E-state index contributed by atoms with van der Waals surface area (Å²) in [5.74, 6) is 1.37. The number of carbonyl (C=O) groups is 1. The molecule has 11 nitrogen and oxygen atoms in total. The lowest BCUT2D eigenvalue weighted by Crippen LogP contribution is -2.51. The SMILES string of the molecule is CCc1c(-c2cc(Nc3cn(C4CCN(C5COC5)CC4)cn3)c(=O)n(C)c2)ccnc1N1CCn2c(cc3c2CCCC3)C1=O. The van der Waals surface area contributed by atoms with Gasteiger partial charge in [0.05, 0.1) is 25.6 Å². The minimum atomic E-state index is -0.127. The minimum absolute atomic E-state index is 0.0149. The Morgan fingerprint density at radius 2 is 1.80 bits per heavy atom. The molecule has 8 rings (SSSR count). The first-order chi connectivity index (χ1) is 22.5. The van der Waals surface area contributed by atoms with Crippen LogP contribution in [0.15, 0.2) is 47.9 Å². The Morgan fingerprint density at radius 1 is 0.978 bits per heavy atom. The van der Waals surface area contributed by atoms with Crippen LogP contribution in [0.2, 0.25) is 0 Å². The maximum Gasteiger partial charge on any atom is 0.276 e. The van der Waals surface area contributed by atoms with Gasteiger partial charge in [-0.05, 0) is 74.3 Å². The highest BCUT2D eigenvalue weighted by Gasteiger charge is 2.33. The van der Waals surface area contributed by atoms with E-state index in [-0.39, 0.29) is 11.5 Å². The maximum atomic E-state index is 13.9. The van der Waals surface area contributed by atoms with Crippen LogP contribution < -0.4 is 15.8 Å². The third-order valence-electron chi connectivity index (χ3n) is 10.5. The third kappa shape index (κ3) is 5.06. The van der Waals surface area contributed by atoms with Crippen molar-refractivity contribution in [3.05, 3.63) is 76.0 Å². The number of hydrogen-bond acceptors (Lipinski definition) is 7. The Balaban J connectivity index is 1.05. The number of nitrogens with one attached hydrogen (secondary N) is 1. The number of aromatic nitrogens is 5. The molecule has 2 fully saturated rings. The molecule has 0 unspecified atom stereocenters. The molecule has 0 radical (unpaired) electrons. The smallest absolute Gasteiger partial charge is 0.276 e. The molecule has 7 heterocycles. The predicted octanol–water partition coefficient (Wildman–Crippen LogP) is 4.33. The van der Waals surface area contributed by atoms with E-state index in [0.717, 1.165) is 80.9 Å². The molecule has 11 heteroatoms. The van der Waals surface area contributed by atoms with Crippen LogP contribution in [-0.4, -0.2) is 73.4 Å². The first-order valence-corrected chi connectivity index (χ1v) is 16.8. The fourth-order valence-corrected chi connectivity index (χ4v) is 7.84. The molecule has 4 aromatic heterocycles. The van der Waals surface area contributed by atoms with Gasteiger partial charge in [0.2, 0.25) is 0 Å². The number of hydrogen-bond donors (Lipinski definition) is 1. The van der Waals surface area contributed by atoms with Gasteiger partial charge in [0, 0.05) is 74.7 Å². The van der Waals surface area contributed by atoms with Crippen molar-refractivity contribution in [2.75, 3.05) is 43.1 Å². The van der Waals surface area contributed by atoms with Crippen LogP contribution in [0.1, 0.15) is 66.0 Å². The second kappa shape index (κ2) is 11.9. The van der Waals surface area contributed by atoms with Crippen LogP contribution in [0.4, 0.5) is 17.3 Å². The summed E-state index contributed by atoms with van der Waals surface area (Å²) in [4.78, 5) is 40.9. The zero-order valence-corrected chi connectivity index (χ0v) is 26.7. The molecule has 4 aliphatic rings. The number of ether oxygens (including phenoxy) is 1. The number of piperidine rings is 1. The number of likely N-dealkylation sites (tertiary alicyclic amines) is 1. The molecule has 3 aliphatic heterocycles. The molecular weight excluding hydrogens is 580 g/mol. The normalized spacial score (nSPS) is 19.2. The number of anilines is 3. The molecule has 4 aromatic rings. The molecular formula is C35H42N8O3. The quantitative estimate of drug-likeness (QED) is 0.328. The fraction of sp³-hybridized carbons (Fsp3) is 0.486. The van der Waals surface area contributed by atoms with E-state index in [1.54, 1.807) is 17.8 Å². The Morgan fingerprint density at radius 3 is 2.59 bits per heavy atom. The van der Waals surface area contributed by atoms with E-state index in [4.69, 9.17) is 9.72 Å². The number of nitrogens with zero attached hydrogens (tertiary/aromatic N) is 7. The molecule has 0 aromatic carbocycles. The van der Waals surface area contributed by atoms with Crippen molar-refractivity contribution in [3.8, 4) is 11.1 Å². The largest absolute Gasteiger partial charge is 0.378 e. The zero-order chi connectivity index (χ0) is 31.4. The second-order valence-corrected chi connectivity index (χ2v) is 13.2. The molecule has 0 bridgehead atoms. The minimum Gasteiger partial charge on any atom is -0.378 e. The monoisotopic (exact) mass is 622 g/mol. The summed E-state index contributed by atoms with van der Waals surface area (Å²) in [5.41, 5.74) is 6.63. The van der Waals surface area contributed by atoms with E-state index in [1.165, 1.54) is 24.1 Å². The van der Waals surface area contributed by atoms with Crippen LogP contribution >= 0.6 is 0 Å². The summed E-state index contributed by atoms with van der Waals surface area (Å²) in [6, 6.07) is 6.96. The van der Waals surface area contributed by atoms with Crippen LogP contribution in [-0.2, 0) is 37.6 Å². The fourth-order valence-electron chi connectivity index (χ4n) is 7.84. The van der Waals surface area contributed by atoms with E-state index in [2.05, 4.69) is 37.3 Å². The molecule has 0 spiro atoms. The van der Waals surface area contributed by atoms with Crippen molar-refractivity contribution in [2.45, 2.75) is 70.5 Å². The molecule has 1 N–H and O–H groups in total. The van der Waals surface area contributed by atoms with Crippen LogP contribution in [0.25, 0.3) is 11.1 Å². The van der Waals surface area contributed by atoms with E-state index < -0.39 is 0 Å². The molecule has 46 heavy (non-hydrogen) atoms. The molecule has 1 aliphatic carbocycles. The van der Waals surface area contributed by atoms with Gasteiger partial charge in [-0.25, -0.2) is 9.97 Å². The van der Waals surface area contributed by atoms with Gasteiger partial charge < -0.3 is 23.8 Å². The number of rotatable bonds is 7. The number of fused-ring (bicyclic) bond motifs is 3. The lowest BCUT2D eigenvalue weighted by atomic mass is 9.98. The van der Waals surface area contributed by atoms with Crippen molar-refractivity contribution in [3.63, 3.8) is 0 Å². The van der Waals surface area contributed by atoms with E-state index in [1.807, 2.05) is 35.8 Å². The van der Waals surface area contributed by atoms with Gasteiger partial charge in [-0.15, -0.1) is 0 Å². The lowest BCUT2D eigenvalue weighted by molar-refractivity contribution is -0.0731. The number of carbonyl (C=O) groups excluding carboxylic acids is 1. The summed E-state index contributed by atoms with van der Waals surface area (Å²) in [5, 5.41) is 3.31. The van der Waals surface area contributed by atoms with Gasteiger partial charge in [-0.2, -0.15) is 0 Å². The van der Waals surface area contributed by atoms with Gasteiger partial charge in [0.1, 0.15) is 23.0 Å². The molecule has 0 atom stereocenters. The second-order valence-electron chi connectivity index (χ2n) is 13.2. The first kappa shape index (κ1) is 29.2. The van der Waals surface area contributed by atoms with E-state index >= 15 is 0 Å². The maximum absolute atomic E-state index is 13.9. The lowest BCUT2D eigenvalue weighted by Gasteiger charge is -2.41. The Kier molecular flexibility index (Phi) is 7.53. The van der Waals surface area contributed by atoms with Gasteiger partial charge in [0.15, 0.2) is 0 Å². The summed E-state index contributed by atoms with van der Waals surface area (Å²) >= 11 is 0. The van der Waals surface area contributed by atoms with Crippen LogP contribution in [0.5, 0.6) is 0 Å². The topological polar surface area (TPSA) is 102 Å². The first-order valence-electron chi connectivity index (χ1n) is 16.8. The highest BCUT2D eigenvalue weighted by molar-refractivity contribution is 6.06. The molecule has 240 valence electrons. The summed E-state index contributed by atoms with van der Waals surface area (Å²) in [6.07, 6.45) is 14.8. The summed E-state index contributed by atoms with van der Waals surface area (Å²) in [6.45, 7) is 7.30. The highest BCUT2D eigenvalue weighted by atomic mass is 16.5. The van der Waals surface area contributed by atoms with Crippen LogP contribution in [0.3, 0.4) is 0 Å². The van der Waals surface area contributed by atoms with Gasteiger partial charge in [0.25, 0.3) is 11.5 Å². The Hall–Kier alpha value is -4.22. The van der Waals surface area contributed by atoms with E-state index in [9.17, 15) is 9.59 Å². The van der Waals surface area contributed by atoms with Gasteiger partial charge in [-0.1, -0.05) is 6.92 Å². The highest BCUT2D eigenvalue weighted by Crippen LogP contribution is 2.35. The standard InChI is InChI=1S/C35H42N8O3/c1-3-27-28(8-11-36-33(27)43-15-14-42-30-7-5-4-6-23(30)17-31(42)35(43)45)24-16-29(34(44)39(2)18-24)38-32-19-41(22-37-32)25-9-12-40(13-10-25)26-20-46-21-26/h8,11,16-19,22,25-26,38H,3-7,9-10,12-15,20-21H2,1-2H3. The molecule has 0 saturated carbocycles. The summed E-state index contributed by atoms with van der Waals surface area (Å²) < 4.78 is 11.4. The Labute approximate surface area is 268 Å². The predicted molar refractivity (Wildman–Crippen MR) is 177 cm³/mol. The van der Waals surface area contributed by atoms with Gasteiger partial charge in [-0.3, -0.25) is 19.4 Å². The number of aryl methyl sites for hydroxylation is 2. The zero-order valence-electron chi connectivity index (χ0n) is 26.7. The number of imidazole rings is 1. The van der Waals surface area contributed by atoms with Crippen molar-refractivity contribution >= 4 is 23.2 Å². The number of amides is 1. The Bertz CT molecular complexity index is 1840. The van der Waals surface area contributed by atoms with Crippen molar-refractivity contribution in [1.29, 1.82) is 0 Å². The molecule has 2 saturated heterocycles. The average Bonchev–Trinajstić information content (AvgIpc) is 3.68. The van der Waals surface area contributed by atoms with Crippen molar-refractivity contribution < 1.29 is 9.53 Å². The van der Waals surface area contributed by atoms with E-state index in [0.29, 0.717) is 42.4 Å². The number of pyridine rings is 2. The van der Waals surface area contributed by atoms with Gasteiger partial charge >= 0.3 is 0 Å².